The van der Waals surface area contributed by atoms with Gasteiger partial charge in [-0.3, -0.25) is 14.9 Å². The number of methoxy groups -OCH3 is 1. The molecule has 2 heterocycles. The number of hydrogen-bond acceptors (Lipinski definition) is 8. The van der Waals surface area contributed by atoms with Crippen molar-refractivity contribution in [2.75, 3.05) is 19.2 Å². The van der Waals surface area contributed by atoms with Crippen molar-refractivity contribution in [2.24, 2.45) is 0 Å². The van der Waals surface area contributed by atoms with Gasteiger partial charge in [-0.2, -0.15) is 0 Å². The Labute approximate surface area is 171 Å². The highest BCUT2D eigenvalue weighted by atomic mass is 16.7. The molecule has 2 aliphatic heterocycles. The third-order valence-electron chi connectivity index (χ3n) is 5.71. The van der Waals surface area contributed by atoms with Crippen molar-refractivity contribution in [3.05, 3.63) is 56.8 Å². The first kappa shape index (κ1) is 18.3. The number of phenols is 1. The van der Waals surface area contributed by atoms with E-state index >= 15 is 0 Å². The Balaban J connectivity index is 1.77. The van der Waals surface area contributed by atoms with Gasteiger partial charge in [0.1, 0.15) is 0 Å². The van der Waals surface area contributed by atoms with Crippen LogP contribution in [0.2, 0.25) is 0 Å². The van der Waals surface area contributed by atoms with E-state index in [0.717, 1.165) is 23.4 Å². The van der Waals surface area contributed by atoms with E-state index in [9.17, 15) is 20.0 Å². The fraction of sp³-hybridized carbons (Fsp3) is 0.286. The molecule has 1 atom stereocenters. The molecular weight excluding hydrogens is 392 g/mol. The monoisotopic (exact) mass is 410 g/mol. The number of phenolic OH excluding ortho intramolecular Hbond substituents is 1. The predicted octanol–water partition coefficient (Wildman–Crippen LogP) is 3.60. The zero-order valence-electron chi connectivity index (χ0n) is 16.1. The number of ether oxygens (including phenoxy) is 3. The first-order chi connectivity index (χ1) is 14.5. The standard InChI is InChI=1S/C21H18N2O7/c1-28-18-6-10(5-14(21(18)25)23(26)27)19-11-7-16-17(30-9-29-16)8-13(11)22-12-3-2-4-15(24)20(12)19/h5-8,19,22,25H,2-4,9H2,1H3/t19-/m0/s1. The van der Waals surface area contributed by atoms with Gasteiger partial charge in [-0.1, -0.05) is 0 Å². The molecular formula is C21H18N2O7. The van der Waals surface area contributed by atoms with Crippen molar-refractivity contribution in [2.45, 2.75) is 25.2 Å². The number of Topliss-reactive ketones (excluding diaryl/α,β-unsaturated/α-hetero) is 1. The molecule has 0 radical (unpaired) electrons. The van der Waals surface area contributed by atoms with Crippen LogP contribution in [0.4, 0.5) is 11.4 Å². The minimum Gasteiger partial charge on any atom is -0.500 e. The van der Waals surface area contributed by atoms with E-state index in [0.29, 0.717) is 35.5 Å². The summed E-state index contributed by atoms with van der Waals surface area (Å²) < 4.78 is 16.2. The fourth-order valence-electron chi connectivity index (χ4n) is 4.37. The van der Waals surface area contributed by atoms with Crippen LogP contribution in [-0.2, 0) is 4.79 Å². The number of nitrogens with zero attached hydrogens (tertiary/aromatic N) is 1. The van der Waals surface area contributed by atoms with Gasteiger partial charge in [-0.05, 0) is 36.1 Å². The van der Waals surface area contributed by atoms with E-state index in [1.54, 1.807) is 12.1 Å². The number of allylic oxidation sites excluding steroid dienone is 2. The second kappa shape index (κ2) is 6.65. The largest absolute Gasteiger partial charge is 0.500 e. The van der Waals surface area contributed by atoms with Crippen LogP contribution in [0.5, 0.6) is 23.0 Å². The average molecular weight is 410 g/mol. The van der Waals surface area contributed by atoms with Crippen molar-refractivity contribution in [3.8, 4) is 23.0 Å². The van der Waals surface area contributed by atoms with Gasteiger partial charge >= 0.3 is 5.69 Å². The van der Waals surface area contributed by atoms with E-state index in [-0.39, 0.29) is 18.3 Å². The Kier molecular flexibility index (Phi) is 4.05. The summed E-state index contributed by atoms with van der Waals surface area (Å²) in [5.41, 5.74) is 2.89. The molecule has 0 saturated carbocycles. The van der Waals surface area contributed by atoms with Crippen LogP contribution in [0, 0.1) is 10.1 Å². The molecule has 0 spiro atoms. The maximum absolute atomic E-state index is 12.9. The fourth-order valence-corrected chi connectivity index (χ4v) is 4.37. The smallest absolute Gasteiger partial charge is 0.314 e. The molecule has 5 rings (SSSR count). The van der Waals surface area contributed by atoms with Crippen molar-refractivity contribution in [3.63, 3.8) is 0 Å². The third kappa shape index (κ3) is 2.66. The number of nitro benzene ring substituents is 1. The number of carbonyl (C=O) groups is 1. The molecule has 0 saturated heterocycles. The maximum Gasteiger partial charge on any atom is 0.314 e. The highest BCUT2D eigenvalue weighted by Crippen LogP contribution is 2.51. The Morgan fingerprint density at radius 3 is 2.70 bits per heavy atom. The molecule has 0 amide bonds. The van der Waals surface area contributed by atoms with E-state index in [1.165, 1.54) is 13.2 Å². The summed E-state index contributed by atoms with van der Waals surface area (Å²) in [5, 5.41) is 25.1. The zero-order chi connectivity index (χ0) is 21.0. The van der Waals surface area contributed by atoms with Crippen molar-refractivity contribution < 1.29 is 29.0 Å². The normalized spacial score (nSPS) is 19.1. The molecule has 0 aromatic heterocycles. The topological polar surface area (TPSA) is 120 Å². The number of carbonyl (C=O) groups excluding carboxylic acids is 1. The lowest BCUT2D eigenvalue weighted by Gasteiger charge is -2.34. The highest BCUT2D eigenvalue weighted by molar-refractivity contribution is 6.01. The molecule has 9 nitrogen and oxygen atoms in total. The number of nitrogens with one attached hydrogen (secondary N) is 1. The minimum absolute atomic E-state index is 0.00763. The number of aromatic hydroxyl groups is 1. The van der Waals surface area contributed by atoms with Gasteiger partial charge in [0, 0.05) is 41.4 Å². The summed E-state index contributed by atoms with van der Waals surface area (Å²) >= 11 is 0. The van der Waals surface area contributed by atoms with Crippen molar-refractivity contribution in [1.82, 2.24) is 0 Å². The van der Waals surface area contributed by atoms with Crippen LogP contribution >= 0.6 is 0 Å². The van der Waals surface area contributed by atoms with Gasteiger partial charge in [0.05, 0.1) is 12.0 Å². The van der Waals surface area contributed by atoms with Crippen LogP contribution in [0.15, 0.2) is 35.5 Å². The maximum atomic E-state index is 12.9. The molecule has 30 heavy (non-hydrogen) atoms. The predicted molar refractivity (Wildman–Crippen MR) is 105 cm³/mol. The lowest BCUT2D eigenvalue weighted by molar-refractivity contribution is -0.386. The Bertz CT molecular complexity index is 1140. The minimum atomic E-state index is -0.666. The van der Waals surface area contributed by atoms with E-state index in [2.05, 4.69) is 5.32 Å². The Morgan fingerprint density at radius 2 is 1.97 bits per heavy atom. The molecule has 2 N–H and O–H groups in total. The second-order valence-corrected chi connectivity index (χ2v) is 7.37. The van der Waals surface area contributed by atoms with Crippen LogP contribution in [0.3, 0.4) is 0 Å². The Morgan fingerprint density at radius 1 is 1.20 bits per heavy atom. The lowest BCUT2D eigenvalue weighted by atomic mass is 9.75. The quantitative estimate of drug-likeness (QED) is 0.582. The molecule has 0 bridgehead atoms. The lowest BCUT2D eigenvalue weighted by Crippen LogP contribution is -2.27. The van der Waals surface area contributed by atoms with Crippen LogP contribution in [0.1, 0.15) is 36.3 Å². The molecule has 0 fully saturated rings. The van der Waals surface area contributed by atoms with E-state index in [1.807, 2.05) is 6.07 Å². The number of nitro groups is 1. The summed E-state index contributed by atoms with van der Waals surface area (Å²) in [7, 11) is 1.33. The average Bonchev–Trinajstić information content (AvgIpc) is 3.18. The van der Waals surface area contributed by atoms with Crippen LogP contribution < -0.4 is 19.5 Å². The second-order valence-electron chi connectivity index (χ2n) is 7.37. The third-order valence-corrected chi connectivity index (χ3v) is 5.71. The molecule has 1 aliphatic carbocycles. The molecule has 2 aromatic rings. The molecule has 2 aromatic carbocycles. The number of benzene rings is 2. The summed E-state index contributed by atoms with van der Waals surface area (Å²) in [4.78, 5) is 23.8. The van der Waals surface area contributed by atoms with Crippen LogP contribution in [0.25, 0.3) is 0 Å². The first-order valence-electron chi connectivity index (χ1n) is 9.50. The van der Waals surface area contributed by atoms with E-state index in [4.69, 9.17) is 14.2 Å². The van der Waals surface area contributed by atoms with Gasteiger partial charge in [-0.25, -0.2) is 0 Å². The SMILES string of the molecule is COc1cc([C@@H]2C3=C(CCCC3=O)Nc3cc4c(cc32)OCO4)cc([N+](=O)[O-])c1O. The van der Waals surface area contributed by atoms with Crippen molar-refractivity contribution >= 4 is 17.2 Å². The Hall–Kier alpha value is -3.75. The van der Waals surface area contributed by atoms with Crippen molar-refractivity contribution in [1.29, 1.82) is 0 Å². The zero-order valence-corrected chi connectivity index (χ0v) is 16.1. The summed E-state index contributed by atoms with van der Waals surface area (Å²) in [5.74, 6) is 0.00719. The molecule has 3 aliphatic rings. The van der Waals surface area contributed by atoms with Gasteiger partial charge in [-0.15, -0.1) is 0 Å². The highest BCUT2D eigenvalue weighted by Gasteiger charge is 2.38. The molecule has 9 heteroatoms. The molecule has 154 valence electrons. The number of ketones is 1. The van der Waals surface area contributed by atoms with Crippen LogP contribution in [-0.4, -0.2) is 29.7 Å². The first-order valence-corrected chi connectivity index (χ1v) is 9.50. The van der Waals surface area contributed by atoms with Gasteiger partial charge in [0.15, 0.2) is 23.0 Å². The number of fused-ring (bicyclic) bond motifs is 2. The van der Waals surface area contributed by atoms with Gasteiger partial charge < -0.3 is 24.6 Å². The van der Waals surface area contributed by atoms with E-state index < -0.39 is 22.3 Å². The summed E-state index contributed by atoms with van der Waals surface area (Å²) in [6, 6.07) is 6.46. The summed E-state index contributed by atoms with van der Waals surface area (Å²) in [6.45, 7) is 0.105. The number of rotatable bonds is 3. The van der Waals surface area contributed by atoms with Gasteiger partial charge in [0.25, 0.3) is 0 Å². The summed E-state index contributed by atoms with van der Waals surface area (Å²) in [6.07, 6.45) is 1.84. The molecule has 0 unspecified atom stereocenters. The van der Waals surface area contributed by atoms with Gasteiger partial charge in [0.2, 0.25) is 12.5 Å². The number of anilines is 1. The number of hydrogen-bond donors (Lipinski definition) is 2.